The normalized spacial score (nSPS) is 10.4. The topological polar surface area (TPSA) is 77.7 Å². The number of ether oxygens (including phenoxy) is 2. The lowest BCUT2D eigenvalue weighted by molar-refractivity contribution is -0.107. The van der Waals surface area contributed by atoms with Gasteiger partial charge >= 0.3 is 0 Å². The summed E-state index contributed by atoms with van der Waals surface area (Å²) >= 11 is 0. The van der Waals surface area contributed by atoms with E-state index in [0.717, 1.165) is 6.42 Å². The van der Waals surface area contributed by atoms with Crippen LogP contribution in [-0.2, 0) is 4.79 Å². The van der Waals surface area contributed by atoms with Gasteiger partial charge in [0.15, 0.2) is 0 Å². The van der Waals surface area contributed by atoms with Gasteiger partial charge in [-0.05, 0) is 12.5 Å². The summed E-state index contributed by atoms with van der Waals surface area (Å²) in [4.78, 5) is 12.6. The van der Waals surface area contributed by atoms with Crippen LogP contribution in [0.4, 0.5) is 5.69 Å². The van der Waals surface area contributed by atoms with Crippen LogP contribution in [0.3, 0.4) is 0 Å². The summed E-state index contributed by atoms with van der Waals surface area (Å²) in [6.07, 6.45) is 1.57. The van der Waals surface area contributed by atoms with E-state index in [-0.39, 0.29) is 0 Å². The molecule has 0 radical (unpaired) electrons. The van der Waals surface area contributed by atoms with Crippen molar-refractivity contribution in [2.75, 3.05) is 25.7 Å². The van der Waals surface area contributed by atoms with Crippen molar-refractivity contribution in [3.05, 3.63) is 18.0 Å². The maximum Gasteiger partial charge on any atom is 0.251 e. The number of benzene rings is 1. The number of aryl methyl sites for hydroxylation is 1. The molecule has 118 valence electrons. The predicted octanol–water partition coefficient (Wildman–Crippen LogP) is 2.44. The number of aromatic nitrogens is 2. The minimum absolute atomic E-state index is 0.331. The first kappa shape index (κ1) is 15.8. The first-order chi connectivity index (χ1) is 10.6. The summed E-state index contributed by atoms with van der Waals surface area (Å²) in [6, 6.07) is 3.46. The molecule has 2 rings (SSSR count). The van der Waals surface area contributed by atoms with Crippen LogP contribution >= 0.6 is 0 Å². The van der Waals surface area contributed by atoms with Crippen LogP contribution in [0.15, 0.2) is 16.5 Å². The van der Waals surface area contributed by atoms with Gasteiger partial charge in [-0.25, -0.2) is 0 Å². The SMILES string of the molecule is CCCOc1cc(OC)c(-c2nnc(C)o2)cc1N(C)C=O. The van der Waals surface area contributed by atoms with Crippen molar-refractivity contribution in [1.29, 1.82) is 0 Å². The van der Waals surface area contributed by atoms with Gasteiger partial charge < -0.3 is 18.8 Å². The molecule has 7 nitrogen and oxygen atoms in total. The van der Waals surface area contributed by atoms with Crippen molar-refractivity contribution < 1.29 is 18.7 Å². The van der Waals surface area contributed by atoms with E-state index in [2.05, 4.69) is 10.2 Å². The Kier molecular flexibility index (Phi) is 4.98. The second-order valence-corrected chi connectivity index (χ2v) is 4.71. The summed E-state index contributed by atoms with van der Waals surface area (Å²) in [7, 11) is 3.20. The predicted molar refractivity (Wildman–Crippen MR) is 81.3 cm³/mol. The first-order valence-electron chi connectivity index (χ1n) is 6.94. The fourth-order valence-electron chi connectivity index (χ4n) is 1.95. The van der Waals surface area contributed by atoms with E-state index in [1.165, 1.54) is 4.90 Å². The van der Waals surface area contributed by atoms with Crippen molar-refractivity contribution in [2.45, 2.75) is 20.3 Å². The Hall–Kier alpha value is -2.57. The minimum atomic E-state index is 0.331. The number of carbonyl (C=O) groups excluding carboxylic acids is 1. The second kappa shape index (κ2) is 6.93. The highest BCUT2D eigenvalue weighted by molar-refractivity contribution is 5.83. The zero-order valence-electron chi connectivity index (χ0n) is 13.1. The number of amides is 1. The monoisotopic (exact) mass is 305 g/mol. The van der Waals surface area contributed by atoms with Gasteiger partial charge in [0.2, 0.25) is 12.3 Å². The van der Waals surface area contributed by atoms with Gasteiger partial charge in [0.1, 0.15) is 11.5 Å². The van der Waals surface area contributed by atoms with E-state index >= 15 is 0 Å². The van der Waals surface area contributed by atoms with Crippen LogP contribution in [0.5, 0.6) is 11.5 Å². The maximum atomic E-state index is 11.1. The molecule has 0 saturated carbocycles. The molecule has 0 spiro atoms. The van der Waals surface area contributed by atoms with Gasteiger partial charge in [-0.1, -0.05) is 6.92 Å². The zero-order chi connectivity index (χ0) is 16.1. The highest BCUT2D eigenvalue weighted by Gasteiger charge is 2.19. The van der Waals surface area contributed by atoms with Gasteiger partial charge in [-0.3, -0.25) is 4.79 Å². The summed E-state index contributed by atoms with van der Waals surface area (Å²) in [5, 5.41) is 7.82. The molecule has 0 aliphatic rings. The standard InChI is InChI=1S/C15H19N3O4/c1-5-6-21-14-8-13(20-4)11(7-12(14)18(3)9-19)15-17-16-10(2)22-15/h7-9H,5-6H2,1-4H3. The number of hydrogen-bond acceptors (Lipinski definition) is 6. The molecular weight excluding hydrogens is 286 g/mol. The van der Waals surface area contributed by atoms with Crippen molar-refractivity contribution in [3.63, 3.8) is 0 Å². The third-order valence-electron chi connectivity index (χ3n) is 3.04. The lowest BCUT2D eigenvalue weighted by Gasteiger charge is -2.19. The Morgan fingerprint density at radius 2 is 2.09 bits per heavy atom. The van der Waals surface area contributed by atoms with Crippen molar-refractivity contribution in [2.24, 2.45) is 0 Å². The number of carbonyl (C=O) groups is 1. The lowest BCUT2D eigenvalue weighted by atomic mass is 10.1. The van der Waals surface area contributed by atoms with E-state index in [1.807, 2.05) is 6.92 Å². The molecule has 1 aromatic carbocycles. The van der Waals surface area contributed by atoms with E-state index < -0.39 is 0 Å². The molecule has 0 fully saturated rings. The Morgan fingerprint density at radius 1 is 1.32 bits per heavy atom. The summed E-state index contributed by atoms with van der Waals surface area (Å²) in [5.41, 5.74) is 1.21. The average Bonchev–Trinajstić information content (AvgIpc) is 2.97. The van der Waals surface area contributed by atoms with Crippen LogP contribution in [0.1, 0.15) is 19.2 Å². The van der Waals surface area contributed by atoms with Gasteiger partial charge in [0.05, 0.1) is 25.0 Å². The van der Waals surface area contributed by atoms with Crippen LogP contribution in [0.2, 0.25) is 0 Å². The molecule has 7 heteroatoms. The third-order valence-corrected chi connectivity index (χ3v) is 3.04. The number of methoxy groups -OCH3 is 1. The molecule has 0 N–H and O–H groups in total. The van der Waals surface area contributed by atoms with Crippen molar-refractivity contribution in [3.8, 4) is 23.0 Å². The van der Waals surface area contributed by atoms with Crippen molar-refractivity contribution in [1.82, 2.24) is 10.2 Å². The third kappa shape index (κ3) is 3.19. The Morgan fingerprint density at radius 3 is 2.64 bits per heavy atom. The minimum Gasteiger partial charge on any atom is -0.496 e. The van der Waals surface area contributed by atoms with Crippen LogP contribution in [0.25, 0.3) is 11.5 Å². The molecule has 1 aromatic heterocycles. The van der Waals surface area contributed by atoms with Crippen molar-refractivity contribution >= 4 is 12.1 Å². The van der Waals surface area contributed by atoms with Crippen LogP contribution in [0, 0.1) is 6.92 Å². The molecule has 0 saturated heterocycles. The van der Waals surface area contributed by atoms with Gasteiger partial charge in [0.25, 0.3) is 5.89 Å². The Bertz CT molecular complexity index is 654. The summed E-state index contributed by atoms with van der Waals surface area (Å²) < 4.78 is 16.5. The van der Waals surface area contributed by atoms with Crippen LogP contribution in [-0.4, -0.2) is 37.4 Å². The number of rotatable bonds is 7. The molecule has 22 heavy (non-hydrogen) atoms. The highest BCUT2D eigenvalue weighted by atomic mass is 16.5. The molecule has 0 atom stereocenters. The number of hydrogen-bond donors (Lipinski definition) is 0. The fraction of sp³-hybridized carbons (Fsp3) is 0.400. The van der Waals surface area contributed by atoms with E-state index in [0.29, 0.717) is 47.5 Å². The molecule has 0 bridgehead atoms. The molecule has 1 heterocycles. The second-order valence-electron chi connectivity index (χ2n) is 4.71. The smallest absolute Gasteiger partial charge is 0.251 e. The number of anilines is 1. The first-order valence-corrected chi connectivity index (χ1v) is 6.94. The van der Waals surface area contributed by atoms with Gasteiger partial charge in [-0.2, -0.15) is 0 Å². The van der Waals surface area contributed by atoms with E-state index in [9.17, 15) is 4.79 Å². The van der Waals surface area contributed by atoms with Gasteiger partial charge in [-0.15, -0.1) is 10.2 Å². The average molecular weight is 305 g/mol. The molecule has 0 aliphatic carbocycles. The van der Waals surface area contributed by atoms with E-state index in [1.54, 1.807) is 33.2 Å². The quantitative estimate of drug-likeness (QED) is 0.731. The Labute approximate surface area is 128 Å². The molecular formula is C15H19N3O4. The van der Waals surface area contributed by atoms with Crippen LogP contribution < -0.4 is 14.4 Å². The maximum absolute atomic E-state index is 11.1. The highest BCUT2D eigenvalue weighted by Crippen LogP contribution is 2.39. The molecule has 0 aliphatic heterocycles. The van der Waals surface area contributed by atoms with Gasteiger partial charge in [0, 0.05) is 20.0 Å². The summed E-state index contributed by atoms with van der Waals surface area (Å²) in [5.74, 6) is 1.89. The largest absolute Gasteiger partial charge is 0.496 e. The fourth-order valence-corrected chi connectivity index (χ4v) is 1.95. The lowest BCUT2D eigenvalue weighted by Crippen LogP contribution is -2.15. The molecule has 2 aromatic rings. The molecule has 0 unspecified atom stereocenters. The Balaban J connectivity index is 2.56. The zero-order valence-corrected chi connectivity index (χ0v) is 13.1. The van der Waals surface area contributed by atoms with E-state index in [4.69, 9.17) is 13.9 Å². The number of nitrogens with zero attached hydrogens (tertiary/aromatic N) is 3. The summed E-state index contributed by atoms with van der Waals surface area (Å²) in [6.45, 7) is 4.26. The molecule has 1 amide bonds.